The second-order valence-corrected chi connectivity index (χ2v) is 5.07. The van der Waals surface area contributed by atoms with Gasteiger partial charge in [0.05, 0.1) is 12.7 Å². The van der Waals surface area contributed by atoms with E-state index in [9.17, 15) is 0 Å². The Kier molecular flexibility index (Phi) is 4.61. The number of anilines is 1. The van der Waals surface area contributed by atoms with E-state index in [0.29, 0.717) is 6.10 Å². The van der Waals surface area contributed by atoms with E-state index in [1.54, 1.807) is 0 Å². The van der Waals surface area contributed by atoms with Crippen molar-refractivity contribution in [3.63, 3.8) is 0 Å². The monoisotopic (exact) mass is 248 g/mol. The number of hydrogen-bond donors (Lipinski definition) is 1. The van der Waals surface area contributed by atoms with Crippen LogP contribution in [0, 0.1) is 13.8 Å². The summed E-state index contributed by atoms with van der Waals surface area (Å²) < 4.78 is 5.83. The van der Waals surface area contributed by atoms with Crippen molar-refractivity contribution in [3.05, 3.63) is 29.3 Å². The molecule has 1 saturated heterocycles. The largest absolute Gasteiger partial charge is 0.374 e. The van der Waals surface area contributed by atoms with Crippen molar-refractivity contribution >= 4 is 5.69 Å². The Balaban J connectivity index is 2.08. The summed E-state index contributed by atoms with van der Waals surface area (Å²) in [5.74, 6) is 0. The van der Waals surface area contributed by atoms with Gasteiger partial charge in [0.25, 0.3) is 0 Å². The first-order valence-electron chi connectivity index (χ1n) is 6.79. The number of morpholine rings is 1. The SMILES string of the molecule is CNCCC1CN(c2c(C)cccc2C)CCO1. The van der Waals surface area contributed by atoms with Crippen molar-refractivity contribution in [2.75, 3.05) is 38.2 Å². The molecule has 0 amide bonds. The first-order chi connectivity index (χ1) is 8.72. The number of aryl methyl sites for hydroxylation is 2. The highest BCUT2D eigenvalue weighted by Gasteiger charge is 2.22. The summed E-state index contributed by atoms with van der Waals surface area (Å²) in [7, 11) is 1.99. The van der Waals surface area contributed by atoms with Gasteiger partial charge in [0.2, 0.25) is 0 Å². The molecule has 0 aromatic heterocycles. The number of nitrogens with one attached hydrogen (secondary N) is 1. The minimum absolute atomic E-state index is 0.352. The molecule has 1 aliphatic heterocycles. The Bertz CT molecular complexity index is 372. The van der Waals surface area contributed by atoms with E-state index in [-0.39, 0.29) is 0 Å². The maximum Gasteiger partial charge on any atom is 0.0762 e. The highest BCUT2D eigenvalue weighted by Crippen LogP contribution is 2.26. The smallest absolute Gasteiger partial charge is 0.0762 e. The molecule has 1 aromatic rings. The molecule has 100 valence electrons. The predicted octanol–water partition coefficient (Wildman–Crippen LogP) is 2.12. The molecule has 0 spiro atoms. The van der Waals surface area contributed by atoms with Crippen LogP contribution in [0.25, 0.3) is 0 Å². The molecule has 1 heterocycles. The molecule has 0 radical (unpaired) electrons. The maximum atomic E-state index is 5.83. The summed E-state index contributed by atoms with van der Waals surface area (Å²) in [6.45, 7) is 8.25. The zero-order chi connectivity index (χ0) is 13.0. The highest BCUT2D eigenvalue weighted by molar-refractivity contribution is 5.59. The number of hydrogen-bond acceptors (Lipinski definition) is 3. The molecule has 3 heteroatoms. The van der Waals surface area contributed by atoms with Crippen LogP contribution in [0.4, 0.5) is 5.69 Å². The molecule has 1 N–H and O–H groups in total. The molecule has 0 saturated carbocycles. The van der Waals surface area contributed by atoms with Gasteiger partial charge in [-0.05, 0) is 45.0 Å². The van der Waals surface area contributed by atoms with E-state index in [1.165, 1.54) is 16.8 Å². The summed E-state index contributed by atoms with van der Waals surface area (Å²) in [5, 5.41) is 3.19. The molecule has 0 bridgehead atoms. The van der Waals surface area contributed by atoms with Gasteiger partial charge in [-0.1, -0.05) is 18.2 Å². The Hall–Kier alpha value is -1.06. The summed E-state index contributed by atoms with van der Waals surface area (Å²) in [6.07, 6.45) is 1.43. The van der Waals surface area contributed by atoms with Gasteiger partial charge in [-0.3, -0.25) is 0 Å². The van der Waals surface area contributed by atoms with Crippen LogP contribution in [0.2, 0.25) is 0 Å². The molecule has 1 aliphatic rings. The lowest BCUT2D eigenvalue weighted by Crippen LogP contribution is -2.44. The lowest BCUT2D eigenvalue weighted by atomic mass is 10.1. The fourth-order valence-electron chi connectivity index (χ4n) is 2.71. The van der Waals surface area contributed by atoms with Crippen LogP contribution < -0.4 is 10.2 Å². The third kappa shape index (κ3) is 3.03. The normalized spacial score (nSPS) is 20.2. The Morgan fingerprint density at radius 3 is 2.72 bits per heavy atom. The Labute approximate surface area is 110 Å². The van der Waals surface area contributed by atoms with Crippen LogP contribution in [0.3, 0.4) is 0 Å². The first-order valence-corrected chi connectivity index (χ1v) is 6.79. The number of benzene rings is 1. The van der Waals surface area contributed by atoms with E-state index in [2.05, 4.69) is 42.3 Å². The molecule has 2 rings (SSSR count). The average molecular weight is 248 g/mol. The predicted molar refractivity (Wildman–Crippen MR) is 76.4 cm³/mol. The fourth-order valence-corrected chi connectivity index (χ4v) is 2.71. The van der Waals surface area contributed by atoms with Gasteiger partial charge in [0.15, 0.2) is 0 Å². The van der Waals surface area contributed by atoms with E-state index in [4.69, 9.17) is 4.74 Å². The zero-order valence-corrected chi connectivity index (χ0v) is 11.7. The van der Waals surface area contributed by atoms with E-state index >= 15 is 0 Å². The topological polar surface area (TPSA) is 24.5 Å². The number of nitrogens with zero attached hydrogens (tertiary/aromatic N) is 1. The second-order valence-electron chi connectivity index (χ2n) is 5.07. The van der Waals surface area contributed by atoms with Crippen LogP contribution in [0.1, 0.15) is 17.5 Å². The van der Waals surface area contributed by atoms with Crippen LogP contribution in [-0.4, -0.2) is 39.4 Å². The minimum atomic E-state index is 0.352. The standard InChI is InChI=1S/C15H24N2O/c1-12-5-4-6-13(2)15(12)17-9-10-18-14(11-17)7-8-16-3/h4-6,14,16H,7-11H2,1-3H3. The minimum Gasteiger partial charge on any atom is -0.374 e. The van der Waals surface area contributed by atoms with Gasteiger partial charge in [0, 0.05) is 18.8 Å². The van der Waals surface area contributed by atoms with Gasteiger partial charge < -0.3 is 15.0 Å². The van der Waals surface area contributed by atoms with Crippen molar-refractivity contribution in [1.29, 1.82) is 0 Å². The van der Waals surface area contributed by atoms with Crippen molar-refractivity contribution < 1.29 is 4.74 Å². The van der Waals surface area contributed by atoms with Crippen LogP contribution in [0.5, 0.6) is 0 Å². The average Bonchev–Trinajstić information content (AvgIpc) is 2.37. The molecule has 3 nitrogen and oxygen atoms in total. The number of ether oxygens (including phenoxy) is 1. The summed E-state index contributed by atoms with van der Waals surface area (Å²) in [4.78, 5) is 2.48. The summed E-state index contributed by atoms with van der Waals surface area (Å²) >= 11 is 0. The van der Waals surface area contributed by atoms with Gasteiger partial charge in [-0.15, -0.1) is 0 Å². The van der Waals surface area contributed by atoms with Crippen LogP contribution in [0.15, 0.2) is 18.2 Å². The molecular weight excluding hydrogens is 224 g/mol. The molecule has 0 aliphatic carbocycles. The Morgan fingerprint density at radius 1 is 1.33 bits per heavy atom. The molecular formula is C15H24N2O. The van der Waals surface area contributed by atoms with Crippen molar-refractivity contribution in [1.82, 2.24) is 5.32 Å². The zero-order valence-electron chi connectivity index (χ0n) is 11.7. The van der Waals surface area contributed by atoms with E-state index in [1.807, 2.05) is 7.05 Å². The van der Waals surface area contributed by atoms with Gasteiger partial charge in [0.1, 0.15) is 0 Å². The molecule has 1 atom stereocenters. The maximum absolute atomic E-state index is 5.83. The van der Waals surface area contributed by atoms with Gasteiger partial charge in [-0.25, -0.2) is 0 Å². The van der Waals surface area contributed by atoms with Gasteiger partial charge >= 0.3 is 0 Å². The lowest BCUT2D eigenvalue weighted by molar-refractivity contribution is 0.0357. The molecule has 1 unspecified atom stereocenters. The third-order valence-corrected chi connectivity index (χ3v) is 3.61. The van der Waals surface area contributed by atoms with E-state index in [0.717, 1.165) is 32.7 Å². The fraction of sp³-hybridized carbons (Fsp3) is 0.600. The molecule has 1 aromatic carbocycles. The third-order valence-electron chi connectivity index (χ3n) is 3.61. The quantitative estimate of drug-likeness (QED) is 0.883. The van der Waals surface area contributed by atoms with Crippen LogP contribution >= 0.6 is 0 Å². The van der Waals surface area contributed by atoms with Crippen molar-refractivity contribution in [2.45, 2.75) is 26.4 Å². The molecule has 1 fully saturated rings. The Morgan fingerprint density at radius 2 is 2.06 bits per heavy atom. The highest BCUT2D eigenvalue weighted by atomic mass is 16.5. The van der Waals surface area contributed by atoms with E-state index < -0.39 is 0 Å². The van der Waals surface area contributed by atoms with Crippen molar-refractivity contribution in [3.8, 4) is 0 Å². The van der Waals surface area contributed by atoms with Gasteiger partial charge in [-0.2, -0.15) is 0 Å². The van der Waals surface area contributed by atoms with Crippen molar-refractivity contribution in [2.24, 2.45) is 0 Å². The van der Waals surface area contributed by atoms with Crippen LogP contribution in [-0.2, 0) is 4.74 Å². The summed E-state index contributed by atoms with van der Waals surface area (Å²) in [6, 6.07) is 6.52. The number of rotatable bonds is 4. The second kappa shape index (κ2) is 6.21. The lowest BCUT2D eigenvalue weighted by Gasteiger charge is -2.36. The summed E-state index contributed by atoms with van der Waals surface area (Å²) in [5.41, 5.74) is 4.13. The molecule has 18 heavy (non-hydrogen) atoms. The first kappa shape index (κ1) is 13.4. The number of para-hydroxylation sites is 1.